The minimum absolute atomic E-state index is 0.182. The summed E-state index contributed by atoms with van der Waals surface area (Å²) in [5.74, 6) is 0.547. The summed E-state index contributed by atoms with van der Waals surface area (Å²) < 4.78 is 1.69. The first kappa shape index (κ1) is 19.9. The molecule has 0 radical (unpaired) electrons. The summed E-state index contributed by atoms with van der Waals surface area (Å²) in [7, 11) is 3.52. The second-order valence-electron chi connectivity index (χ2n) is 6.53. The number of nitrogens with one attached hydrogen (secondary N) is 2. The number of carbonyl (C=O) groups excluding carboxylic acids is 1. The molecule has 2 N–H and O–H groups in total. The van der Waals surface area contributed by atoms with Crippen molar-refractivity contribution in [1.82, 2.24) is 25.2 Å². The molecule has 1 aromatic carbocycles. The molecule has 3 heterocycles. The predicted molar refractivity (Wildman–Crippen MR) is 119 cm³/mol. The first-order chi connectivity index (χ1) is 14.4. The van der Waals surface area contributed by atoms with Crippen LogP contribution in [0.15, 0.2) is 54.7 Å². The van der Waals surface area contributed by atoms with Crippen LogP contribution >= 0.6 is 23.2 Å². The van der Waals surface area contributed by atoms with Gasteiger partial charge >= 0.3 is 6.03 Å². The molecule has 0 aliphatic heterocycles. The van der Waals surface area contributed by atoms with Crippen molar-refractivity contribution in [3.8, 4) is 11.1 Å². The summed E-state index contributed by atoms with van der Waals surface area (Å²) >= 11 is 11.7. The molecule has 0 aliphatic rings. The first-order valence-corrected chi connectivity index (χ1v) is 9.69. The number of benzene rings is 1. The largest absolute Gasteiger partial charge is 0.338 e. The van der Waals surface area contributed by atoms with Gasteiger partial charge in [0.15, 0.2) is 5.65 Å². The maximum atomic E-state index is 12.4. The van der Waals surface area contributed by atoms with Gasteiger partial charge in [0.05, 0.1) is 6.20 Å². The minimum atomic E-state index is -0.482. The van der Waals surface area contributed by atoms with Gasteiger partial charge in [-0.15, -0.1) is 0 Å². The van der Waals surface area contributed by atoms with Crippen LogP contribution in [0, 0.1) is 0 Å². The molecule has 3 aromatic heterocycles. The number of halogens is 2. The summed E-state index contributed by atoms with van der Waals surface area (Å²) in [4.78, 5) is 20.9. The number of carbonyl (C=O) groups is 1. The quantitative estimate of drug-likeness (QED) is 0.359. The van der Waals surface area contributed by atoms with Crippen molar-refractivity contribution >= 4 is 51.8 Å². The molecule has 30 heavy (non-hydrogen) atoms. The van der Waals surface area contributed by atoms with Crippen molar-refractivity contribution in [2.75, 3.05) is 17.4 Å². The van der Waals surface area contributed by atoms with Gasteiger partial charge in [-0.3, -0.25) is 9.69 Å². The number of hydrazine groups is 1. The number of aromatic nitrogens is 4. The molecular formula is C20H17Cl2N7O. The monoisotopic (exact) mass is 441 g/mol. The second kappa shape index (κ2) is 8.17. The van der Waals surface area contributed by atoms with Crippen molar-refractivity contribution in [2.24, 2.45) is 7.05 Å². The summed E-state index contributed by atoms with van der Waals surface area (Å²) in [6.07, 6.45) is 1.78. The maximum absolute atomic E-state index is 12.4. The molecular weight excluding hydrogens is 425 g/mol. The fraction of sp³-hybridized carbons (Fsp3) is 0.100. The third kappa shape index (κ3) is 4.14. The van der Waals surface area contributed by atoms with E-state index in [9.17, 15) is 4.79 Å². The zero-order valence-corrected chi connectivity index (χ0v) is 17.6. The number of pyridine rings is 2. The second-order valence-corrected chi connectivity index (χ2v) is 7.30. The Kier molecular flexibility index (Phi) is 5.43. The standard InChI is InChI=1S/C20H17Cl2N7O/c1-28(27-20(30)24-13-8-16(21)25-17(22)9-13)18-10-14(12-6-4-3-5-7-12)15-11-23-29(2)19(15)26-18/h3-11H,1-2H3,(H2,24,25,27,30). The van der Waals surface area contributed by atoms with E-state index in [0.717, 1.165) is 16.5 Å². The topological polar surface area (TPSA) is 88.0 Å². The van der Waals surface area contributed by atoms with E-state index in [1.54, 1.807) is 17.9 Å². The van der Waals surface area contributed by atoms with Crippen molar-refractivity contribution in [2.45, 2.75) is 0 Å². The van der Waals surface area contributed by atoms with Crippen molar-refractivity contribution in [3.63, 3.8) is 0 Å². The smallest absolute Gasteiger partial charge is 0.306 e. The number of hydrogen-bond donors (Lipinski definition) is 2. The zero-order valence-electron chi connectivity index (χ0n) is 16.1. The molecule has 0 aliphatic carbocycles. The lowest BCUT2D eigenvalue weighted by atomic mass is 10.0. The van der Waals surface area contributed by atoms with Crippen molar-refractivity contribution < 1.29 is 4.79 Å². The zero-order chi connectivity index (χ0) is 21.3. The fourth-order valence-corrected chi connectivity index (χ4v) is 3.50. The fourth-order valence-electron chi connectivity index (χ4n) is 3.04. The number of urea groups is 1. The van der Waals surface area contributed by atoms with E-state index in [0.29, 0.717) is 17.2 Å². The van der Waals surface area contributed by atoms with Crippen LogP contribution in [0.5, 0.6) is 0 Å². The molecule has 0 spiro atoms. The third-order valence-corrected chi connectivity index (χ3v) is 4.80. The Hall–Kier alpha value is -3.36. The molecule has 4 aromatic rings. The van der Waals surface area contributed by atoms with Crippen LogP contribution in [0.1, 0.15) is 0 Å². The molecule has 152 valence electrons. The van der Waals surface area contributed by atoms with Crippen molar-refractivity contribution in [1.29, 1.82) is 0 Å². The van der Waals surface area contributed by atoms with Crippen LogP contribution in [-0.2, 0) is 7.05 Å². The Bertz CT molecular complexity index is 1210. The van der Waals surface area contributed by atoms with Gasteiger partial charge in [-0.05, 0) is 29.3 Å². The Morgan fingerprint density at radius 1 is 1.07 bits per heavy atom. The van der Waals surface area contributed by atoms with Crippen LogP contribution < -0.4 is 15.8 Å². The average molecular weight is 442 g/mol. The SMILES string of the molecule is CN(NC(=O)Nc1cc(Cl)nc(Cl)c1)c1cc(-c2ccccc2)c2cnn(C)c2n1. The van der Waals surface area contributed by atoms with E-state index in [1.165, 1.54) is 17.1 Å². The highest BCUT2D eigenvalue weighted by atomic mass is 35.5. The highest BCUT2D eigenvalue weighted by Crippen LogP contribution is 2.30. The number of anilines is 2. The summed E-state index contributed by atoms with van der Waals surface area (Å²) in [6, 6.07) is 14.4. The van der Waals surface area contributed by atoms with E-state index in [-0.39, 0.29) is 10.3 Å². The van der Waals surface area contributed by atoms with Crippen LogP contribution in [0.25, 0.3) is 22.2 Å². The highest BCUT2D eigenvalue weighted by molar-refractivity contribution is 6.33. The minimum Gasteiger partial charge on any atom is -0.306 e. The molecule has 4 rings (SSSR count). The Balaban J connectivity index is 1.62. The van der Waals surface area contributed by atoms with Gasteiger partial charge in [0.25, 0.3) is 0 Å². The lowest BCUT2D eigenvalue weighted by Crippen LogP contribution is -2.42. The van der Waals surface area contributed by atoms with Gasteiger partial charge in [-0.25, -0.2) is 20.2 Å². The predicted octanol–water partition coefficient (Wildman–Crippen LogP) is 4.51. The number of amides is 2. The molecule has 0 saturated carbocycles. The van der Waals surface area contributed by atoms with E-state index >= 15 is 0 Å². The van der Waals surface area contributed by atoms with E-state index in [2.05, 4.69) is 25.8 Å². The number of rotatable bonds is 4. The van der Waals surface area contributed by atoms with Crippen LogP contribution in [0.2, 0.25) is 10.3 Å². The molecule has 0 fully saturated rings. The van der Waals surface area contributed by atoms with Crippen LogP contribution in [-0.4, -0.2) is 32.8 Å². The molecule has 10 heteroatoms. The lowest BCUT2D eigenvalue weighted by molar-refractivity contribution is 0.251. The number of nitrogens with zero attached hydrogens (tertiary/aromatic N) is 5. The first-order valence-electron chi connectivity index (χ1n) is 8.93. The average Bonchev–Trinajstić information content (AvgIpc) is 3.08. The molecule has 8 nitrogen and oxygen atoms in total. The third-order valence-electron chi connectivity index (χ3n) is 4.41. The van der Waals surface area contributed by atoms with Gasteiger partial charge in [0, 0.05) is 25.2 Å². The summed E-state index contributed by atoms with van der Waals surface area (Å²) in [5, 5.41) is 9.80. The summed E-state index contributed by atoms with van der Waals surface area (Å²) in [5.41, 5.74) is 5.84. The number of hydrogen-bond acceptors (Lipinski definition) is 5. The van der Waals surface area contributed by atoms with Gasteiger partial charge < -0.3 is 5.32 Å². The van der Waals surface area contributed by atoms with Gasteiger partial charge in [0.1, 0.15) is 16.1 Å². The maximum Gasteiger partial charge on any atom is 0.338 e. The highest BCUT2D eigenvalue weighted by Gasteiger charge is 2.15. The Labute approximate surface area is 182 Å². The van der Waals surface area contributed by atoms with Gasteiger partial charge in [-0.1, -0.05) is 53.5 Å². The lowest BCUT2D eigenvalue weighted by Gasteiger charge is -2.20. The normalized spacial score (nSPS) is 10.8. The molecule has 0 atom stereocenters. The summed E-state index contributed by atoms with van der Waals surface area (Å²) in [6.45, 7) is 0. The molecule has 0 unspecified atom stereocenters. The van der Waals surface area contributed by atoms with E-state index in [4.69, 9.17) is 23.2 Å². The Morgan fingerprint density at radius 2 is 1.77 bits per heavy atom. The number of aryl methyl sites for hydroxylation is 1. The van der Waals surface area contributed by atoms with Crippen molar-refractivity contribution in [3.05, 3.63) is 65.0 Å². The number of fused-ring (bicyclic) bond motifs is 1. The molecule has 0 bridgehead atoms. The van der Waals surface area contributed by atoms with E-state index in [1.807, 2.05) is 43.4 Å². The van der Waals surface area contributed by atoms with E-state index < -0.39 is 6.03 Å². The van der Waals surface area contributed by atoms with Crippen LogP contribution in [0.3, 0.4) is 0 Å². The van der Waals surface area contributed by atoms with Gasteiger partial charge in [0.2, 0.25) is 0 Å². The molecule has 0 saturated heterocycles. The molecule has 2 amide bonds. The van der Waals surface area contributed by atoms with Crippen LogP contribution in [0.4, 0.5) is 16.3 Å². The Morgan fingerprint density at radius 3 is 2.47 bits per heavy atom. The van der Waals surface area contributed by atoms with Gasteiger partial charge in [-0.2, -0.15) is 5.10 Å².